The van der Waals surface area contributed by atoms with Crippen LogP contribution in [0.5, 0.6) is 5.75 Å². The lowest BCUT2D eigenvalue weighted by Crippen LogP contribution is -2.34. The largest absolute Gasteiger partial charge is 0.494 e. The summed E-state index contributed by atoms with van der Waals surface area (Å²) in [5.41, 5.74) is 0.955. The lowest BCUT2D eigenvalue weighted by molar-refractivity contribution is -0.144. The predicted molar refractivity (Wildman–Crippen MR) is 82.5 cm³/mol. The van der Waals surface area contributed by atoms with Crippen molar-refractivity contribution in [1.82, 2.24) is 5.32 Å². The van der Waals surface area contributed by atoms with Gasteiger partial charge in [-0.15, -0.1) is 0 Å². The molecule has 5 nitrogen and oxygen atoms in total. The average Bonchev–Trinajstić information content (AvgIpc) is 2.54. The Kier molecular flexibility index (Phi) is 5.81. The number of carboxylic acids is 1. The molecule has 2 rings (SSSR count). The van der Waals surface area contributed by atoms with Crippen LogP contribution in [0, 0.1) is 11.8 Å². The number of ether oxygens (including phenoxy) is 1. The van der Waals surface area contributed by atoms with Gasteiger partial charge in [-0.2, -0.15) is 0 Å². The molecule has 0 spiro atoms. The van der Waals surface area contributed by atoms with Crippen LogP contribution in [0.15, 0.2) is 24.3 Å². The summed E-state index contributed by atoms with van der Waals surface area (Å²) >= 11 is 0. The molecule has 1 saturated carbocycles. The van der Waals surface area contributed by atoms with E-state index in [4.69, 9.17) is 9.84 Å². The number of carbonyl (C=O) groups excluding carboxylic acids is 1. The molecule has 5 heteroatoms. The number of carboxylic acid groups (broad SMARTS) is 1. The maximum Gasteiger partial charge on any atom is 0.306 e. The first-order valence-corrected chi connectivity index (χ1v) is 7.83. The van der Waals surface area contributed by atoms with E-state index in [9.17, 15) is 9.59 Å². The van der Waals surface area contributed by atoms with Gasteiger partial charge in [0.15, 0.2) is 0 Å². The van der Waals surface area contributed by atoms with Gasteiger partial charge in [-0.05, 0) is 38.7 Å². The van der Waals surface area contributed by atoms with Gasteiger partial charge in [-0.1, -0.05) is 18.2 Å². The van der Waals surface area contributed by atoms with Gasteiger partial charge in [-0.25, -0.2) is 0 Å². The Morgan fingerprint density at radius 2 is 1.82 bits per heavy atom. The van der Waals surface area contributed by atoms with Gasteiger partial charge in [-0.3, -0.25) is 9.59 Å². The van der Waals surface area contributed by atoms with Crippen LogP contribution >= 0.6 is 0 Å². The van der Waals surface area contributed by atoms with Crippen LogP contribution in [0.3, 0.4) is 0 Å². The van der Waals surface area contributed by atoms with Crippen molar-refractivity contribution >= 4 is 11.9 Å². The second-order valence-corrected chi connectivity index (χ2v) is 5.65. The van der Waals surface area contributed by atoms with Crippen molar-refractivity contribution in [2.45, 2.75) is 39.2 Å². The van der Waals surface area contributed by atoms with E-state index < -0.39 is 5.97 Å². The predicted octanol–water partition coefficient (Wildman–Crippen LogP) is 2.59. The molecule has 0 unspecified atom stereocenters. The molecule has 120 valence electrons. The number of hydrogen-bond donors (Lipinski definition) is 2. The maximum atomic E-state index is 12.2. The SMILES string of the molecule is CCOc1ccccc1CNC(=O)C1CCC(C(=O)O)CC1. The van der Waals surface area contributed by atoms with Crippen LogP contribution in [-0.4, -0.2) is 23.6 Å². The normalized spacial score (nSPS) is 21.1. The van der Waals surface area contributed by atoms with E-state index in [0.717, 1.165) is 11.3 Å². The monoisotopic (exact) mass is 305 g/mol. The number of para-hydroxylation sites is 1. The van der Waals surface area contributed by atoms with Crippen molar-refractivity contribution in [2.75, 3.05) is 6.61 Å². The van der Waals surface area contributed by atoms with Crippen LogP contribution < -0.4 is 10.1 Å². The molecule has 1 aliphatic rings. The molecule has 0 bridgehead atoms. The highest BCUT2D eigenvalue weighted by molar-refractivity contribution is 5.79. The zero-order valence-electron chi connectivity index (χ0n) is 12.9. The number of aliphatic carboxylic acids is 1. The summed E-state index contributed by atoms with van der Waals surface area (Å²) in [6.07, 6.45) is 2.47. The van der Waals surface area contributed by atoms with E-state index in [-0.39, 0.29) is 17.7 Å². The molecule has 1 fully saturated rings. The molecular weight excluding hydrogens is 282 g/mol. The Morgan fingerprint density at radius 3 is 2.45 bits per heavy atom. The molecule has 1 amide bonds. The number of nitrogens with one attached hydrogen (secondary N) is 1. The van der Waals surface area contributed by atoms with Crippen LogP contribution in [0.4, 0.5) is 0 Å². The van der Waals surface area contributed by atoms with Gasteiger partial charge in [0.05, 0.1) is 12.5 Å². The molecule has 0 aliphatic heterocycles. The van der Waals surface area contributed by atoms with E-state index in [1.165, 1.54) is 0 Å². The second kappa shape index (κ2) is 7.82. The molecule has 0 radical (unpaired) electrons. The Balaban J connectivity index is 1.85. The molecule has 22 heavy (non-hydrogen) atoms. The zero-order chi connectivity index (χ0) is 15.9. The van der Waals surface area contributed by atoms with Crippen LogP contribution in [0.1, 0.15) is 38.2 Å². The van der Waals surface area contributed by atoms with E-state index in [1.807, 2.05) is 31.2 Å². The van der Waals surface area contributed by atoms with Crippen molar-refractivity contribution in [3.05, 3.63) is 29.8 Å². The molecule has 2 N–H and O–H groups in total. The van der Waals surface area contributed by atoms with Gasteiger partial charge in [0.1, 0.15) is 5.75 Å². The molecule has 0 atom stereocenters. The standard InChI is InChI=1S/C17H23NO4/c1-2-22-15-6-4-3-5-14(15)11-18-16(19)12-7-9-13(10-8-12)17(20)21/h3-6,12-13H,2,7-11H2,1H3,(H,18,19)(H,20,21). The number of benzene rings is 1. The minimum Gasteiger partial charge on any atom is -0.494 e. The molecular formula is C17H23NO4. The van der Waals surface area contributed by atoms with Gasteiger partial charge in [0, 0.05) is 18.0 Å². The molecule has 1 aromatic carbocycles. The number of rotatable bonds is 6. The topological polar surface area (TPSA) is 75.6 Å². The number of carbonyl (C=O) groups is 2. The first kappa shape index (κ1) is 16.3. The third-order valence-corrected chi connectivity index (χ3v) is 4.17. The van der Waals surface area contributed by atoms with Crippen molar-refractivity contribution in [3.8, 4) is 5.75 Å². The fourth-order valence-corrected chi connectivity index (χ4v) is 2.88. The minimum atomic E-state index is -0.746. The van der Waals surface area contributed by atoms with Crippen molar-refractivity contribution in [1.29, 1.82) is 0 Å². The Morgan fingerprint density at radius 1 is 1.18 bits per heavy atom. The Hall–Kier alpha value is -2.04. The van der Waals surface area contributed by atoms with Crippen LogP contribution in [0.25, 0.3) is 0 Å². The summed E-state index contributed by atoms with van der Waals surface area (Å²) in [5, 5.41) is 11.9. The maximum absolute atomic E-state index is 12.2. The summed E-state index contributed by atoms with van der Waals surface area (Å²) in [4.78, 5) is 23.1. The fourth-order valence-electron chi connectivity index (χ4n) is 2.88. The summed E-state index contributed by atoms with van der Waals surface area (Å²) in [6.45, 7) is 2.95. The van der Waals surface area contributed by atoms with Gasteiger partial charge >= 0.3 is 5.97 Å². The molecule has 0 heterocycles. The average molecular weight is 305 g/mol. The lowest BCUT2D eigenvalue weighted by atomic mass is 9.81. The van der Waals surface area contributed by atoms with Crippen molar-refractivity contribution in [2.24, 2.45) is 11.8 Å². The van der Waals surface area contributed by atoms with E-state index in [0.29, 0.717) is 38.8 Å². The highest BCUT2D eigenvalue weighted by atomic mass is 16.5. The quantitative estimate of drug-likeness (QED) is 0.847. The molecule has 0 aromatic heterocycles. The molecule has 1 aliphatic carbocycles. The lowest BCUT2D eigenvalue weighted by Gasteiger charge is -2.25. The van der Waals surface area contributed by atoms with Gasteiger partial charge in [0.25, 0.3) is 0 Å². The summed E-state index contributed by atoms with van der Waals surface area (Å²) in [5.74, 6) is -0.308. The van der Waals surface area contributed by atoms with E-state index in [1.54, 1.807) is 0 Å². The highest BCUT2D eigenvalue weighted by Gasteiger charge is 2.29. The third kappa shape index (κ3) is 4.23. The Labute approximate surface area is 130 Å². The summed E-state index contributed by atoms with van der Waals surface area (Å²) < 4.78 is 5.54. The van der Waals surface area contributed by atoms with Crippen molar-refractivity contribution < 1.29 is 19.4 Å². The van der Waals surface area contributed by atoms with Gasteiger partial charge in [0.2, 0.25) is 5.91 Å². The fraction of sp³-hybridized carbons (Fsp3) is 0.529. The highest BCUT2D eigenvalue weighted by Crippen LogP contribution is 2.29. The van der Waals surface area contributed by atoms with E-state index >= 15 is 0 Å². The second-order valence-electron chi connectivity index (χ2n) is 5.65. The number of amides is 1. The van der Waals surface area contributed by atoms with Crippen molar-refractivity contribution in [3.63, 3.8) is 0 Å². The van der Waals surface area contributed by atoms with E-state index in [2.05, 4.69) is 5.32 Å². The molecule has 0 saturated heterocycles. The zero-order valence-corrected chi connectivity index (χ0v) is 12.9. The molecule has 1 aromatic rings. The Bertz CT molecular complexity index is 521. The summed E-state index contributed by atoms with van der Waals surface area (Å²) in [7, 11) is 0. The van der Waals surface area contributed by atoms with Crippen LogP contribution in [0.2, 0.25) is 0 Å². The summed E-state index contributed by atoms with van der Waals surface area (Å²) in [6, 6.07) is 7.65. The third-order valence-electron chi connectivity index (χ3n) is 4.17. The first-order chi connectivity index (χ1) is 10.6. The first-order valence-electron chi connectivity index (χ1n) is 7.83. The van der Waals surface area contributed by atoms with Crippen LogP contribution in [-0.2, 0) is 16.1 Å². The smallest absolute Gasteiger partial charge is 0.306 e. The minimum absolute atomic E-state index is 0.00939. The van der Waals surface area contributed by atoms with Gasteiger partial charge < -0.3 is 15.2 Å². The number of hydrogen-bond acceptors (Lipinski definition) is 3.